The van der Waals surface area contributed by atoms with Crippen molar-refractivity contribution in [3.63, 3.8) is 0 Å². The molecule has 0 unspecified atom stereocenters. The third-order valence-electron chi connectivity index (χ3n) is 3.06. The van der Waals surface area contributed by atoms with Crippen LogP contribution >= 0.6 is 12.4 Å². The van der Waals surface area contributed by atoms with Gasteiger partial charge in [-0.3, -0.25) is 9.78 Å². The van der Waals surface area contributed by atoms with Crippen molar-refractivity contribution < 1.29 is 4.79 Å². The quantitative estimate of drug-likeness (QED) is 0.847. The summed E-state index contributed by atoms with van der Waals surface area (Å²) in [4.78, 5) is 15.6. The number of rotatable bonds is 5. The molecular weight excluding hydrogens is 250 g/mol. The van der Waals surface area contributed by atoms with E-state index in [-0.39, 0.29) is 18.3 Å². The van der Waals surface area contributed by atoms with E-state index in [1.165, 1.54) is 12.8 Å². The molecule has 0 saturated carbocycles. The molecule has 0 aromatic carbocycles. The third-order valence-corrected chi connectivity index (χ3v) is 3.06. The molecule has 5 heteroatoms. The fraction of sp³-hybridized carbons (Fsp3) is 0.538. The van der Waals surface area contributed by atoms with Crippen LogP contribution in [-0.2, 0) is 11.2 Å². The van der Waals surface area contributed by atoms with Crippen LogP contribution in [0.15, 0.2) is 24.5 Å². The Hall–Kier alpha value is -1.13. The molecule has 1 saturated heterocycles. The van der Waals surface area contributed by atoms with Gasteiger partial charge in [0.2, 0.25) is 5.91 Å². The normalized spacial score (nSPS) is 18.1. The van der Waals surface area contributed by atoms with Gasteiger partial charge in [0, 0.05) is 25.0 Å². The summed E-state index contributed by atoms with van der Waals surface area (Å²) < 4.78 is 0. The number of carbonyl (C=O) groups is 1. The van der Waals surface area contributed by atoms with Crippen LogP contribution < -0.4 is 10.6 Å². The van der Waals surface area contributed by atoms with Gasteiger partial charge in [0.25, 0.3) is 0 Å². The molecule has 4 nitrogen and oxygen atoms in total. The largest absolute Gasteiger partial charge is 0.356 e. The number of nitrogens with one attached hydrogen (secondary N) is 2. The first-order chi connectivity index (χ1) is 8.34. The minimum absolute atomic E-state index is 0. The van der Waals surface area contributed by atoms with Crippen LogP contribution in [0, 0.1) is 0 Å². The van der Waals surface area contributed by atoms with Crippen molar-refractivity contribution in [2.45, 2.75) is 31.7 Å². The molecular formula is C13H20ClN3O. The zero-order chi connectivity index (χ0) is 11.9. The van der Waals surface area contributed by atoms with Gasteiger partial charge in [-0.25, -0.2) is 0 Å². The minimum atomic E-state index is 0. The number of amides is 1. The maximum Gasteiger partial charge on any atom is 0.224 e. The monoisotopic (exact) mass is 269 g/mol. The fourth-order valence-electron chi connectivity index (χ4n) is 2.14. The van der Waals surface area contributed by atoms with Crippen LogP contribution in [0.3, 0.4) is 0 Å². The van der Waals surface area contributed by atoms with Crippen molar-refractivity contribution in [2.24, 2.45) is 0 Å². The lowest BCUT2D eigenvalue weighted by Gasteiger charge is -2.10. The van der Waals surface area contributed by atoms with E-state index in [4.69, 9.17) is 0 Å². The van der Waals surface area contributed by atoms with Gasteiger partial charge < -0.3 is 10.6 Å². The van der Waals surface area contributed by atoms with E-state index in [1.807, 2.05) is 12.1 Å². The van der Waals surface area contributed by atoms with Crippen molar-refractivity contribution in [2.75, 3.05) is 13.1 Å². The third kappa shape index (κ3) is 5.02. The average Bonchev–Trinajstić information content (AvgIpc) is 2.83. The Balaban J connectivity index is 0.00000162. The molecule has 100 valence electrons. The molecule has 2 heterocycles. The Bertz CT molecular complexity index is 353. The standard InChI is InChI=1S/C13H19N3O.ClH/c17-13(9-11-3-1-6-14-10-11)16-8-5-12-4-2-7-15-12;/h1,3,6,10,12,15H,2,4-5,7-9H2,(H,16,17);1H/t12-;/m1./s1. The predicted octanol–water partition coefficient (Wildman–Crippen LogP) is 1.30. The zero-order valence-corrected chi connectivity index (χ0v) is 11.2. The van der Waals surface area contributed by atoms with E-state index in [1.54, 1.807) is 12.4 Å². The Morgan fingerprint density at radius 3 is 3.11 bits per heavy atom. The lowest BCUT2D eigenvalue weighted by molar-refractivity contribution is -0.120. The van der Waals surface area contributed by atoms with Gasteiger partial charge in [0.1, 0.15) is 0 Å². The van der Waals surface area contributed by atoms with E-state index >= 15 is 0 Å². The second-order valence-corrected chi connectivity index (χ2v) is 4.47. The Kier molecular flexibility index (Phi) is 6.68. The molecule has 2 rings (SSSR count). The Labute approximate surface area is 114 Å². The number of carbonyl (C=O) groups excluding carboxylic acids is 1. The Morgan fingerprint density at radius 2 is 2.44 bits per heavy atom. The van der Waals surface area contributed by atoms with E-state index in [2.05, 4.69) is 15.6 Å². The first-order valence-corrected chi connectivity index (χ1v) is 6.23. The highest BCUT2D eigenvalue weighted by molar-refractivity contribution is 5.85. The van der Waals surface area contributed by atoms with Crippen LogP contribution in [-0.4, -0.2) is 30.0 Å². The predicted molar refractivity (Wildman–Crippen MR) is 73.8 cm³/mol. The fourth-order valence-corrected chi connectivity index (χ4v) is 2.14. The van der Waals surface area contributed by atoms with Gasteiger partial charge in [-0.2, -0.15) is 0 Å². The number of nitrogens with zero attached hydrogens (tertiary/aromatic N) is 1. The van der Waals surface area contributed by atoms with Gasteiger partial charge >= 0.3 is 0 Å². The van der Waals surface area contributed by atoms with Gasteiger partial charge in [-0.15, -0.1) is 12.4 Å². The number of aromatic nitrogens is 1. The smallest absolute Gasteiger partial charge is 0.224 e. The summed E-state index contributed by atoms with van der Waals surface area (Å²) in [6.07, 6.45) is 7.39. The van der Waals surface area contributed by atoms with Crippen molar-refractivity contribution in [3.05, 3.63) is 30.1 Å². The average molecular weight is 270 g/mol. The lowest BCUT2D eigenvalue weighted by atomic mass is 10.1. The van der Waals surface area contributed by atoms with Crippen molar-refractivity contribution >= 4 is 18.3 Å². The van der Waals surface area contributed by atoms with Crippen LogP contribution in [0.5, 0.6) is 0 Å². The number of halogens is 1. The van der Waals surface area contributed by atoms with Crippen LogP contribution in [0.2, 0.25) is 0 Å². The van der Waals surface area contributed by atoms with Crippen molar-refractivity contribution in [3.8, 4) is 0 Å². The van der Waals surface area contributed by atoms with Crippen molar-refractivity contribution in [1.29, 1.82) is 0 Å². The van der Waals surface area contributed by atoms with E-state index in [0.717, 1.165) is 25.1 Å². The number of pyridine rings is 1. The highest BCUT2D eigenvalue weighted by atomic mass is 35.5. The molecule has 0 bridgehead atoms. The molecule has 1 aliphatic rings. The first-order valence-electron chi connectivity index (χ1n) is 6.23. The van der Waals surface area contributed by atoms with Crippen LogP contribution in [0.4, 0.5) is 0 Å². The molecule has 2 N–H and O–H groups in total. The van der Waals surface area contributed by atoms with Gasteiger partial charge in [-0.05, 0) is 37.4 Å². The number of hydrogen-bond donors (Lipinski definition) is 2. The first kappa shape index (κ1) is 14.9. The molecule has 18 heavy (non-hydrogen) atoms. The molecule has 0 aliphatic carbocycles. The van der Waals surface area contributed by atoms with Crippen LogP contribution in [0.25, 0.3) is 0 Å². The molecule has 1 atom stereocenters. The Morgan fingerprint density at radius 1 is 1.56 bits per heavy atom. The molecule has 1 aliphatic heterocycles. The van der Waals surface area contributed by atoms with E-state index in [9.17, 15) is 4.79 Å². The number of hydrogen-bond acceptors (Lipinski definition) is 3. The van der Waals surface area contributed by atoms with E-state index < -0.39 is 0 Å². The lowest BCUT2D eigenvalue weighted by Crippen LogP contribution is -2.31. The SMILES string of the molecule is Cl.O=C(Cc1cccnc1)NCC[C@H]1CCCN1. The van der Waals surface area contributed by atoms with Crippen LogP contribution in [0.1, 0.15) is 24.8 Å². The zero-order valence-electron chi connectivity index (χ0n) is 10.4. The molecule has 1 aromatic heterocycles. The maximum atomic E-state index is 11.6. The topological polar surface area (TPSA) is 54.0 Å². The molecule has 0 radical (unpaired) electrons. The van der Waals surface area contributed by atoms with Crippen molar-refractivity contribution in [1.82, 2.24) is 15.6 Å². The summed E-state index contributed by atoms with van der Waals surface area (Å²) in [6, 6.07) is 4.37. The van der Waals surface area contributed by atoms with Gasteiger partial charge in [0.15, 0.2) is 0 Å². The van der Waals surface area contributed by atoms with Gasteiger partial charge in [-0.1, -0.05) is 6.07 Å². The summed E-state index contributed by atoms with van der Waals surface area (Å²) in [5.74, 6) is 0.0796. The second kappa shape index (κ2) is 8.06. The summed E-state index contributed by atoms with van der Waals surface area (Å²) in [5.41, 5.74) is 0.962. The molecule has 0 spiro atoms. The summed E-state index contributed by atoms with van der Waals surface area (Å²) in [5, 5.41) is 6.37. The second-order valence-electron chi connectivity index (χ2n) is 4.47. The molecule has 1 fully saturated rings. The summed E-state index contributed by atoms with van der Waals surface area (Å²) in [7, 11) is 0. The summed E-state index contributed by atoms with van der Waals surface area (Å²) in [6.45, 7) is 1.88. The molecule has 1 amide bonds. The highest BCUT2D eigenvalue weighted by Gasteiger charge is 2.13. The van der Waals surface area contributed by atoms with E-state index in [0.29, 0.717) is 12.5 Å². The minimum Gasteiger partial charge on any atom is -0.356 e. The summed E-state index contributed by atoms with van der Waals surface area (Å²) >= 11 is 0. The highest BCUT2D eigenvalue weighted by Crippen LogP contribution is 2.07. The molecule has 1 aromatic rings. The van der Waals surface area contributed by atoms with Gasteiger partial charge in [0.05, 0.1) is 6.42 Å². The maximum absolute atomic E-state index is 11.6.